The molecule has 20 heavy (non-hydrogen) atoms. The number of aryl methyl sites for hydroxylation is 1. The molecule has 0 atom stereocenters. The van der Waals surface area contributed by atoms with Gasteiger partial charge in [0.2, 0.25) is 0 Å². The van der Waals surface area contributed by atoms with Crippen LogP contribution in [-0.4, -0.2) is 0 Å². The van der Waals surface area contributed by atoms with E-state index in [0.717, 1.165) is 5.75 Å². The third-order valence-electron chi connectivity index (χ3n) is 3.14. The van der Waals surface area contributed by atoms with E-state index < -0.39 is 0 Å². The molecule has 0 spiro atoms. The maximum Gasteiger partial charge on any atom is 0.0608 e. The van der Waals surface area contributed by atoms with Crippen molar-refractivity contribution in [1.82, 2.24) is 0 Å². The first-order valence-corrected chi connectivity index (χ1v) is 8.45. The van der Waals surface area contributed by atoms with Crippen molar-refractivity contribution >= 4 is 23.1 Å². The number of benzene rings is 2. The molecule has 2 heteroatoms. The van der Waals surface area contributed by atoms with Gasteiger partial charge in [-0.1, -0.05) is 60.2 Å². The lowest BCUT2D eigenvalue weighted by Crippen LogP contribution is -1.79. The van der Waals surface area contributed by atoms with Crippen LogP contribution in [0.15, 0.2) is 70.9 Å². The second kappa shape index (κ2) is 6.29. The summed E-state index contributed by atoms with van der Waals surface area (Å²) in [6, 6.07) is 23.8. The first-order valence-electron chi connectivity index (χ1n) is 6.65. The topological polar surface area (TPSA) is 0 Å². The Morgan fingerprint density at radius 1 is 0.850 bits per heavy atom. The number of hydrogen-bond donors (Lipinski definition) is 0. The Bertz CT molecular complexity index is 666. The summed E-state index contributed by atoms with van der Waals surface area (Å²) in [5.74, 6) is 1.04. The summed E-state index contributed by atoms with van der Waals surface area (Å²) in [5.41, 5.74) is 4.01. The molecule has 0 aliphatic rings. The number of thioether (sulfide) groups is 1. The van der Waals surface area contributed by atoms with Crippen molar-refractivity contribution < 1.29 is 0 Å². The largest absolute Gasteiger partial charge is 0.129 e. The molecule has 0 fully saturated rings. The van der Waals surface area contributed by atoms with Crippen LogP contribution in [0.25, 0.3) is 10.4 Å². The minimum Gasteiger partial charge on any atom is -0.129 e. The van der Waals surface area contributed by atoms with Crippen molar-refractivity contribution in [2.24, 2.45) is 0 Å². The van der Waals surface area contributed by atoms with Crippen molar-refractivity contribution in [2.75, 3.05) is 0 Å². The van der Waals surface area contributed by atoms with Gasteiger partial charge >= 0.3 is 0 Å². The molecule has 0 aliphatic carbocycles. The average Bonchev–Trinajstić information content (AvgIpc) is 2.97. The zero-order valence-electron chi connectivity index (χ0n) is 11.4. The quantitative estimate of drug-likeness (QED) is 0.531. The van der Waals surface area contributed by atoms with Gasteiger partial charge in [-0.3, -0.25) is 0 Å². The molecule has 0 nitrogen and oxygen atoms in total. The van der Waals surface area contributed by atoms with E-state index in [2.05, 4.69) is 73.7 Å². The minimum absolute atomic E-state index is 1.04. The molecule has 0 saturated carbocycles. The molecule has 1 aromatic heterocycles. The Morgan fingerprint density at radius 2 is 1.60 bits per heavy atom. The molecule has 100 valence electrons. The van der Waals surface area contributed by atoms with Gasteiger partial charge in [-0.2, -0.15) is 0 Å². The maximum absolute atomic E-state index is 2.23. The molecular formula is C18H16S2. The molecule has 0 N–H and O–H groups in total. The van der Waals surface area contributed by atoms with Gasteiger partial charge in [-0.05, 0) is 30.2 Å². The Kier molecular flexibility index (Phi) is 4.24. The summed E-state index contributed by atoms with van der Waals surface area (Å²) in [7, 11) is 0. The van der Waals surface area contributed by atoms with E-state index in [9.17, 15) is 0 Å². The van der Waals surface area contributed by atoms with Crippen LogP contribution >= 0.6 is 23.1 Å². The first-order chi connectivity index (χ1) is 9.81. The van der Waals surface area contributed by atoms with Crippen LogP contribution in [0.2, 0.25) is 0 Å². The fourth-order valence-electron chi connectivity index (χ4n) is 1.99. The molecule has 1 heterocycles. The monoisotopic (exact) mass is 296 g/mol. The zero-order chi connectivity index (χ0) is 13.8. The highest BCUT2D eigenvalue weighted by Gasteiger charge is 2.03. The van der Waals surface area contributed by atoms with Gasteiger partial charge in [0.05, 0.1) is 4.21 Å². The van der Waals surface area contributed by atoms with Gasteiger partial charge in [0, 0.05) is 10.6 Å². The van der Waals surface area contributed by atoms with Crippen molar-refractivity contribution in [2.45, 2.75) is 16.9 Å². The molecule has 0 radical (unpaired) electrons. The van der Waals surface area contributed by atoms with Crippen molar-refractivity contribution in [3.63, 3.8) is 0 Å². The van der Waals surface area contributed by atoms with Gasteiger partial charge in [-0.25, -0.2) is 0 Å². The van der Waals surface area contributed by atoms with E-state index in [1.807, 2.05) is 23.1 Å². The minimum atomic E-state index is 1.04. The molecule has 3 rings (SSSR count). The lowest BCUT2D eigenvalue weighted by molar-refractivity contribution is 1.36. The summed E-state index contributed by atoms with van der Waals surface area (Å²) in [4.78, 5) is 1.34. The third-order valence-corrected chi connectivity index (χ3v) is 5.57. The molecule has 0 amide bonds. The fourth-order valence-corrected chi connectivity index (χ4v) is 4.08. The van der Waals surface area contributed by atoms with Crippen LogP contribution in [-0.2, 0) is 5.75 Å². The molecular weight excluding hydrogens is 280 g/mol. The van der Waals surface area contributed by atoms with E-state index in [1.165, 1.54) is 25.8 Å². The van der Waals surface area contributed by atoms with Gasteiger partial charge in [0.25, 0.3) is 0 Å². The molecule has 0 aliphatic heterocycles. The Hall–Kier alpha value is -1.51. The van der Waals surface area contributed by atoms with Gasteiger partial charge in [0.1, 0.15) is 0 Å². The number of hydrogen-bond acceptors (Lipinski definition) is 2. The Labute approximate surface area is 128 Å². The van der Waals surface area contributed by atoms with E-state index in [4.69, 9.17) is 0 Å². The average molecular weight is 296 g/mol. The molecule has 2 aromatic carbocycles. The predicted molar refractivity (Wildman–Crippen MR) is 90.5 cm³/mol. The summed E-state index contributed by atoms with van der Waals surface area (Å²) in [6.45, 7) is 2.13. The lowest BCUT2D eigenvalue weighted by atomic mass is 10.2. The zero-order valence-corrected chi connectivity index (χ0v) is 13.0. The van der Waals surface area contributed by atoms with E-state index >= 15 is 0 Å². The second-order valence-electron chi connectivity index (χ2n) is 4.76. The summed E-state index contributed by atoms with van der Waals surface area (Å²) in [5, 5.41) is 0. The predicted octanol–water partition coefficient (Wildman–Crippen LogP) is 6.02. The normalized spacial score (nSPS) is 10.7. The van der Waals surface area contributed by atoms with E-state index in [1.54, 1.807) is 0 Å². The summed E-state index contributed by atoms with van der Waals surface area (Å²) < 4.78 is 1.38. The van der Waals surface area contributed by atoms with Crippen LogP contribution in [0, 0.1) is 6.92 Å². The van der Waals surface area contributed by atoms with Crippen molar-refractivity contribution in [3.05, 3.63) is 77.9 Å². The Morgan fingerprint density at radius 3 is 2.35 bits per heavy atom. The maximum atomic E-state index is 2.23. The smallest absolute Gasteiger partial charge is 0.0608 e. The first kappa shape index (κ1) is 13.5. The van der Waals surface area contributed by atoms with Gasteiger partial charge < -0.3 is 0 Å². The van der Waals surface area contributed by atoms with Crippen molar-refractivity contribution in [1.29, 1.82) is 0 Å². The van der Waals surface area contributed by atoms with Crippen LogP contribution in [0.5, 0.6) is 0 Å². The number of thiophene rings is 1. The highest BCUT2D eigenvalue weighted by molar-refractivity contribution is 8.00. The van der Waals surface area contributed by atoms with Crippen LogP contribution in [0.1, 0.15) is 11.1 Å². The highest BCUT2D eigenvalue weighted by atomic mass is 32.2. The van der Waals surface area contributed by atoms with Gasteiger partial charge in [0.15, 0.2) is 0 Å². The SMILES string of the molecule is Cc1ccc(CSc2ccc(-c3ccccc3)s2)cc1. The van der Waals surface area contributed by atoms with Crippen LogP contribution in [0.3, 0.4) is 0 Å². The third kappa shape index (κ3) is 3.33. The molecule has 0 bridgehead atoms. The number of rotatable bonds is 4. The van der Waals surface area contributed by atoms with E-state index in [0.29, 0.717) is 0 Å². The molecule has 0 saturated heterocycles. The van der Waals surface area contributed by atoms with Crippen LogP contribution < -0.4 is 0 Å². The summed E-state index contributed by atoms with van der Waals surface area (Å²) in [6.07, 6.45) is 0. The Balaban J connectivity index is 1.67. The fraction of sp³-hybridized carbons (Fsp3) is 0.111. The van der Waals surface area contributed by atoms with Crippen molar-refractivity contribution in [3.8, 4) is 10.4 Å². The highest BCUT2D eigenvalue weighted by Crippen LogP contribution is 2.35. The van der Waals surface area contributed by atoms with E-state index in [-0.39, 0.29) is 0 Å². The van der Waals surface area contributed by atoms with Crippen LogP contribution in [0.4, 0.5) is 0 Å². The second-order valence-corrected chi connectivity index (χ2v) is 7.12. The summed E-state index contributed by atoms with van der Waals surface area (Å²) >= 11 is 3.78. The lowest BCUT2D eigenvalue weighted by Gasteiger charge is -2.00. The molecule has 3 aromatic rings. The van der Waals surface area contributed by atoms with Gasteiger partial charge in [-0.15, -0.1) is 23.1 Å². The molecule has 0 unspecified atom stereocenters. The standard InChI is InChI=1S/C18H16S2/c1-14-7-9-15(10-8-14)13-19-18-12-11-17(20-18)16-5-3-2-4-6-16/h2-12H,13H2,1H3.